The van der Waals surface area contributed by atoms with Crippen molar-refractivity contribution < 1.29 is 9.84 Å². The molecule has 0 bridgehead atoms. The van der Waals surface area contributed by atoms with Crippen molar-refractivity contribution in [2.24, 2.45) is 5.92 Å². The number of benzene rings is 1. The van der Waals surface area contributed by atoms with Gasteiger partial charge in [0, 0.05) is 6.04 Å². The normalized spacial score (nSPS) is 16.9. The molecule has 1 saturated heterocycles. The van der Waals surface area contributed by atoms with Crippen molar-refractivity contribution in [3.05, 3.63) is 29.8 Å². The predicted molar refractivity (Wildman–Crippen MR) is 119 cm³/mol. The molecule has 0 aliphatic carbocycles. The van der Waals surface area contributed by atoms with E-state index < -0.39 is 6.10 Å². The van der Waals surface area contributed by atoms with Gasteiger partial charge in [0.2, 0.25) is 0 Å². The zero-order chi connectivity index (χ0) is 18.1. The smallest absolute Gasteiger partial charge is 0.118 e. The summed E-state index contributed by atoms with van der Waals surface area (Å²) in [5.74, 6) is 1.37. The molecule has 1 aromatic carbocycles. The van der Waals surface area contributed by atoms with Gasteiger partial charge in [0.05, 0.1) is 13.2 Å². The first-order valence-electron chi connectivity index (χ1n) is 9.88. The zero-order valence-electron chi connectivity index (χ0n) is 17.0. The molecule has 0 aromatic heterocycles. The molecule has 1 aromatic rings. The minimum atomic E-state index is -0.483. The molecule has 158 valence electrons. The van der Waals surface area contributed by atoms with Gasteiger partial charge in [0.15, 0.2) is 0 Å². The third kappa shape index (κ3) is 9.49. The second-order valence-electron chi connectivity index (χ2n) is 7.66. The molecule has 4 nitrogen and oxygen atoms in total. The van der Waals surface area contributed by atoms with Gasteiger partial charge < -0.3 is 20.1 Å². The second-order valence-corrected chi connectivity index (χ2v) is 7.66. The maximum absolute atomic E-state index is 10.8. The van der Waals surface area contributed by atoms with Crippen molar-refractivity contribution in [3.8, 4) is 5.75 Å². The van der Waals surface area contributed by atoms with Crippen LogP contribution in [0.3, 0.4) is 0 Å². The number of hydrogen-bond acceptors (Lipinski definition) is 4. The average Bonchev–Trinajstić information content (AvgIpc) is 2.64. The molecule has 2 atom stereocenters. The summed E-state index contributed by atoms with van der Waals surface area (Å²) < 4.78 is 5.21. The van der Waals surface area contributed by atoms with Gasteiger partial charge in [-0.3, -0.25) is 0 Å². The Hall–Kier alpha value is -0.520. The topological polar surface area (TPSA) is 44.7 Å². The summed E-state index contributed by atoms with van der Waals surface area (Å²) in [6.45, 7) is 9.06. The average molecular weight is 421 g/mol. The summed E-state index contributed by atoms with van der Waals surface area (Å²) in [6.07, 6.45) is 5.71. The number of likely N-dealkylation sites (tertiary alicyclic amines) is 1. The van der Waals surface area contributed by atoms with E-state index in [4.69, 9.17) is 4.74 Å². The number of aliphatic hydroxyl groups is 1. The van der Waals surface area contributed by atoms with Crippen LogP contribution in [-0.4, -0.2) is 49.3 Å². The van der Waals surface area contributed by atoms with E-state index in [-0.39, 0.29) is 30.9 Å². The van der Waals surface area contributed by atoms with E-state index in [0.29, 0.717) is 5.92 Å². The highest BCUT2D eigenvalue weighted by Crippen LogP contribution is 2.24. The van der Waals surface area contributed by atoms with Crippen LogP contribution >= 0.6 is 24.8 Å². The summed E-state index contributed by atoms with van der Waals surface area (Å²) in [5, 5.41) is 14.4. The Morgan fingerprint density at radius 3 is 2.26 bits per heavy atom. The van der Waals surface area contributed by atoms with Crippen LogP contribution in [-0.2, 0) is 0 Å². The summed E-state index contributed by atoms with van der Waals surface area (Å²) in [5.41, 5.74) is 0.954. The maximum Gasteiger partial charge on any atom is 0.118 e. The first kappa shape index (κ1) is 26.5. The van der Waals surface area contributed by atoms with Crippen molar-refractivity contribution in [2.75, 3.05) is 33.3 Å². The summed E-state index contributed by atoms with van der Waals surface area (Å²) in [7, 11) is 1.66. The minimum absolute atomic E-state index is 0. The Balaban J connectivity index is 0.00000338. The van der Waals surface area contributed by atoms with E-state index in [9.17, 15) is 5.11 Å². The lowest BCUT2D eigenvalue weighted by molar-refractivity contribution is 0.115. The fraction of sp³-hybridized carbons (Fsp3) is 0.714. The number of hydrogen-bond donors (Lipinski definition) is 2. The van der Waals surface area contributed by atoms with Crippen molar-refractivity contribution in [2.45, 2.75) is 58.1 Å². The number of nitrogens with zero attached hydrogens (tertiary/aromatic N) is 1. The molecule has 1 heterocycles. The third-order valence-corrected chi connectivity index (χ3v) is 5.07. The summed E-state index contributed by atoms with van der Waals surface area (Å²) in [6, 6.07) is 7.86. The molecule has 6 heteroatoms. The molecule has 0 saturated carbocycles. The Kier molecular flexibility index (Phi) is 14.2. The molecular formula is C21H38Cl2N2O2. The Morgan fingerprint density at radius 2 is 1.70 bits per heavy atom. The maximum atomic E-state index is 10.8. The van der Waals surface area contributed by atoms with Crippen molar-refractivity contribution >= 4 is 24.8 Å². The molecule has 27 heavy (non-hydrogen) atoms. The van der Waals surface area contributed by atoms with Crippen LogP contribution in [0.4, 0.5) is 0 Å². The highest BCUT2D eigenvalue weighted by molar-refractivity contribution is 5.85. The number of aliphatic hydroxyl groups excluding tert-OH is 1. The lowest BCUT2D eigenvalue weighted by atomic mass is 9.94. The molecule has 1 fully saturated rings. The first-order chi connectivity index (χ1) is 12.1. The van der Waals surface area contributed by atoms with Crippen molar-refractivity contribution in [1.29, 1.82) is 0 Å². The summed E-state index contributed by atoms with van der Waals surface area (Å²) in [4.78, 5) is 2.57. The van der Waals surface area contributed by atoms with Crippen LogP contribution in [0, 0.1) is 5.92 Å². The summed E-state index contributed by atoms with van der Waals surface area (Å²) >= 11 is 0. The van der Waals surface area contributed by atoms with Crippen molar-refractivity contribution in [3.63, 3.8) is 0 Å². The van der Waals surface area contributed by atoms with Gasteiger partial charge in [0.1, 0.15) is 5.75 Å². The van der Waals surface area contributed by atoms with E-state index in [0.717, 1.165) is 30.7 Å². The van der Waals surface area contributed by atoms with Gasteiger partial charge >= 0.3 is 0 Å². The van der Waals surface area contributed by atoms with Crippen molar-refractivity contribution in [1.82, 2.24) is 10.2 Å². The second kappa shape index (κ2) is 14.5. The lowest BCUT2D eigenvalue weighted by Gasteiger charge is -2.28. The largest absolute Gasteiger partial charge is 0.497 e. The quantitative estimate of drug-likeness (QED) is 0.548. The number of ether oxygens (including phenoxy) is 1. The van der Waals surface area contributed by atoms with E-state index in [1.165, 1.54) is 38.9 Å². The number of piperidine rings is 1. The highest BCUT2D eigenvalue weighted by Gasteiger charge is 2.21. The molecule has 2 unspecified atom stereocenters. The van der Waals surface area contributed by atoms with E-state index in [1.807, 2.05) is 24.3 Å². The SMILES string of the molecule is COc1ccc(C(O)C(CC(C)C)NCCCN2CCCCC2)cc1.Cl.Cl. The van der Waals surface area contributed by atoms with Gasteiger partial charge in [-0.25, -0.2) is 0 Å². The molecule has 1 aliphatic heterocycles. The number of rotatable bonds is 10. The van der Waals surface area contributed by atoms with E-state index >= 15 is 0 Å². The molecule has 0 amide bonds. The van der Waals surface area contributed by atoms with Gasteiger partial charge in [-0.05, 0) is 75.5 Å². The standard InChI is InChI=1S/C21H36N2O2.2ClH/c1-17(2)16-20(21(24)18-8-10-19(25-3)11-9-18)22-12-7-15-23-13-5-4-6-14-23;;/h8-11,17,20-22,24H,4-7,12-16H2,1-3H3;2*1H. The molecule has 0 radical (unpaired) electrons. The lowest BCUT2D eigenvalue weighted by Crippen LogP contribution is -2.38. The van der Waals surface area contributed by atoms with E-state index in [2.05, 4.69) is 24.1 Å². The van der Waals surface area contributed by atoms with Crippen LogP contribution < -0.4 is 10.1 Å². The Bertz CT molecular complexity index is 480. The van der Waals surface area contributed by atoms with Crippen LogP contribution in [0.1, 0.15) is 57.6 Å². The zero-order valence-corrected chi connectivity index (χ0v) is 18.7. The number of halogens is 2. The van der Waals surface area contributed by atoms with Crippen LogP contribution in [0.15, 0.2) is 24.3 Å². The monoisotopic (exact) mass is 420 g/mol. The third-order valence-electron chi connectivity index (χ3n) is 5.07. The van der Waals surface area contributed by atoms with Gasteiger partial charge in [-0.15, -0.1) is 24.8 Å². The number of nitrogens with one attached hydrogen (secondary N) is 1. The molecular weight excluding hydrogens is 383 g/mol. The number of methoxy groups -OCH3 is 1. The van der Waals surface area contributed by atoms with Crippen LogP contribution in [0.2, 0.25) is 0 Å². The minimum Gasteiger partial charge on any atom is -0.497 e. The fourth-order valence-electron chi connectivity index (χ4n) is 3.64. The first-order valence-corrected chi connectivity index (χ1v) is 9.88. The van der Waals surface area contributed by atoms with Gasteiger partial charge in [0.25, 0.3) is 0 Å². The molecule has 2 rings (SSSR count). The molecule has 2 N–H and O–H groups in total. The molecule has 1 aliphatic rings. The van der Waals surface area contributed by atoms with Gasteiger partial charge in [-0.1, -0.05) is 32.4 Å². The Labute approximate surface area is 177 Å². The van der Waals surface area contributed by atoms with Crippen LogP contribution in [0.25, 0.3) is 0 Å². The van der Waals surface area contributed by atoms with E-state index in [1.54, 1.807) is 7.11 Å². The predicted octanol–water partition coefficient (Wildman–Crippen LogP) is 4.45. The Morgan fingerprint density at radius 1 is 1.07 bits per heavy atom. The fourth-order valence-corrected chi connectivity index (χ4v) is 3.64. The van der Waals surface area contributed by atoms with Crippen LogP contribution in [0.5, 0.6) is 5.75 Å². The highest BCUT2D eigenvalue weighted by atomic mass is 35.5. The van der Waals surface area contributed by atoms with Gasteiger partial charge in [-0.2, -0.15) is 0 Å². The molecule has 0 spiro atoms.